The highest BCUT2D eigenvalue weighted by Gasteiger charge is 2.25. The molecular formula is C21H27ClN4O6S. The maximum absolute atomic E-state index is 13.0. The van der Waals surface area contributed by atoms with Crippen molar-refractivity contribution >= 4 is 45.6 Å². The number of primary sulfonamides is 1. The van der Waals surface area contributed by atoms with E-state index in [1.165, 1.54) is 39.3 Å². The van der Waals surface area contributed by atoms with Gasteiger partial charge in [-0.1, -0.05) is 0 Å². The summed E-state index contributed by atoms with van der Waals surface area (Å²) in [6.45, 7) is 3.08. The number of piperazine rings is 1. The minimum atomic E-state index is -3.91. The van der Waals surface area contributed by atoms with Crippen LogP contribution < -0.4 is 24.8 Å². The molecule has 33 heavy (non-hydrogen) atoms. The number of benzene rings is 2. The van der Waals surface area contributed by atoms with Gasteiger partial charge in [0, 0.05) is 38.7 Å². The second-order valence-electron chi connectivity index (χ2n) is 7.25. The fourth-order valence-electron chi connectivity index (χ4n) is 3.55. The Labute approximate surface area is 199 Å². The highest BCUT2D eigenvalue weighted by Crippen LogP contribution is 2.31. The first kappa shape index (κ1) is 26.2. The molecule has 3 rings (SSSR count). The summed E-state index contributed by atoms with van der Waals surface area (Å²) in [7, 11) is -0.874. The van der Waals surface area contributed by atoms with Crippen molar-refractivity contribution < 1.29 is 27.5 Å². The molecule has 0 bridgehead atoms. The summed E-state index contributed by atoms with van der Waals surface area (Å²) in [5.41, 5.74) is 1.49. The highest BCUT2D eigenvalue weighted by atomic mass is 35.5. The fourth-order valence-corrected chi connectivity index (χ4v) is 4.08. The van der Waals surface area contributed by atoms with Crippen LogP contribution in [0, 0.1) is 0 Å². The van der Waals surface area contributed by atoms with Gasteiger partial charge in [0.2, 0.25) is 15.9 Å². The average molecular weight is 499 g/mol. The van der Waals surface area contributed by atoms with Crippen molar-refractivity contribution in [2.24, 2.45) is 5.14 Å². The van der Waals surface area contributed by atoms with E-state index < -0.39 is 10.0 Å². The van der Waals surface area contributed by atoms with Crippen LogP contribution in [0.5, 0.6) is 11.5 Å². The topological polar surface area (TPSA) is 131 Å². The Kier molecular flexibility index (Phi) is 8.53. The number of carbonyl (C=O) groups is 2. The van der Waals surface area contributed by atoms with Crippen LogP contribution in [-0.4, -0.2) is 65.5 Å². The first-order chi connectivity index (χ1) is 15.1. The van der Waals surface area contributed by atoms with Crippen LogP contribution in [0.15, 0.2) is 41.3 Å². The molecule has 1 heterocycles. The summed E-state index contributed by atoms with van der Waals surface area (Å²) in [6, 6.07) is 9.30. The number of nitrogens with zero attached hydrogens (tertiary/aromatic N) is 2. The smallest absolute Gasteiger partial charge is 0.254 e. The Balaban J connectivity index is 0.00000385. The van der Waals surface area contributed by atoms with Gasteiger partial charge in [0.05, 0.1) is 30.5 Å². The molecule has 0 spiro atoms. The van der Waals surface area contributed by atoms with Gasteiger partial charge in [-0.15, -0.1) is 12.4 Å². The van der Waals surface area contributed by atoms with Crippen LogP contribution in [-0.2, 0) is 14.8 Å². The molecule has 2 aromatic rings. The Morgan fingerprint density at radius 3 is 2.15 bits per heavy atom. The van der Waals surface area contributed by atoms with Gasteiger partial charge in [0.15, 0.2) is 11.5 Å². The maximum atomic E-state index is 13.0. The highest BCUT2D eigenvalue weighted by molar-refractivity contribution is 7.89. The standard InChI is InChI=1S/C21H26N4O6S.ClH/c1-14(26)23-17-6-5-16(32(22,28)29)13-18(17)24-8-10-25(11-9-24)21(27)15-4-7-19(30-2)20(12-15)31-3;/h4-7,12-13H,8-11H2,1-3H3,(H,23,26)(H2,22,28,29);1H. The molecule has 0 atom stereocenters. The zero-order chi connectivity index (χ0) is 23.5. The third-order valence-electron chi connectivity index (χ3n) is 5.15. The molecule has 12 heteroatoms. The van der Waals surface area contributed by atoms with Gasteiger partial charge < -0.3 is 24.6 Å². The van der Waals surface area contributed by atoms with Gasteiger partial charge >= 0.3 is 0 Å². The predicted molar refractivity (Wildman–Crippen MR) is 127 cm³/mol. The third-order valence-corrected chi connectivity index (χ3v) is 6.06. The van der Waals surface area contributed by atoms with Crippen molar-refractivity contribution in [2.45, 2.75) is 11.8 Å². The largest absolute Gasteiger partial charge is 0.493 e. The Morgan fingerprint density at radius 1 is 0.970 bits per heavy atom. The second kappa shape index (κ2) is 10.7. The SMILES string of the molecule is COc1ccc(C(=O)N2CCN(c3cc(S(N)(=O)=O)ccc3NC(C)=O)CC2)cc1OC.Cl. The first-order valence-electron chi connectivity index (χ1n) is 9.84. The molecule has 2 amide bonds. The van der Waals surface area contributed by atoms with Gasteiger partial charge in [-0.25, -0.2) is 13.6 Å². The molecule has 1 aliphatic heterocycles. The van der Waals surface area contributed by atoms with Crippen molar-refractivity contribution in [1.29, 1.82) is 0 Å². The number of ether oxygens (including phenoxy) is 2. The molecule has 1 saturated heterocycles. The van der Waals surface area contributed by atoms with Crippen molar-refractivity contribution in [3.63, 3.8) is 0 Å². The Bertz CT molecular complexity index is 1130. The lowest BCUT2D eigenvalue weighted by atomic mass is 10.1. The Hall–Kier alpha value is -3.02. The molecule has 0 unspecified atom stereocenters. The lowest BCUT2D eigenvalue weighted by molar-refractivity contribution is -0.114. The molecule has 0 saturated carbocycles. The lowest BCUT2D eigenvalue weighted by Gasteiger charge is -2.37. The number of methoxy groups -OCH3 is 2. The minimum Gasteiger partial charge on any atom is -0.493 e. The summed E-state index contributed by atoms with van der Waals surface area (Å²) >= 11 is 0. The van der Waals surface area contributed by atoms with Crippen molar-refractivity contribution in [1.82, 2.24) is 4.90 Å². The van der Waals surface area contributed by atoms with E-state index in [1.54, 1.807) is 23.1 Å². The van der Waals surface area contributed by atoms with Gasteiger partial charge in [0.25, 0.3) is 5.91 Å². The number of nitrogens with one attached hydrogen (secondary N) is 1. The normalized spacial score (nSPS) is 13.7. The number of sulfonamides is 1. The molecule has 180 valence electrons. The summed E-state index contributed by atoms with van der Waals surface area (Å²) in [6.07, 6.45) is 0. The van der Waals surface area contributed by atoms with Crippen LogP contribution in [0.3, 0.4) is 0 Å². The summed E-state index contributed by atoms with van der Waals surface area (Å²) < 4.78 is 34.1. The number of nitrogens with two attached hydrogens (primary N) is 1. The molecule has 1 fully saturated rings. The number of hydrogen-bond donors (Lipinski definition) is 2. The number of rotatable bonds is 6. The van der Waals surface area contributed by atoms with Crippen LogP contribution in [0.4, 0.5) is 11.4 Å². The number of amides is 2. The Morgan fingerprint density at radius 2 is 1.61 bits per heavy atom. The molecule has 3 N–H and O–H groups in total. The molecule has 10 nitrogen and oxygen atoms in total. The van der Waals surface area contributed by atoms with E-state index in [0.29, 0.717) is 54.6 Å². The van der Waals surface area contributed by atoms with E-state index in [2.05, 4.69) is 5.32 Å². The van der Waals surface area contributed by atoms with E-state index >= 15 is 0 Å². The van der Waals surface area contributed by atoms with Gasteiger partial charge in [-0.05, 0) is 36.4 Å². The maximum Gasteiger partial charge on any atom is 0.254 e. The second-order valence-corrected chi connectivity index (χ2v) is 8.82. The van der Waals surface area contributed by atoms with E-state index in [4.69, 9.17) is 14.6 Å². The average Bonchev–Trinajstić information content (AvgIpc) is 2.77. The number of carbonyl (C=O) groups excluding carboxylic acids is 2. The van der Waals surface area contributed by atoms with Crippen molar-refractivity contribution in [3.8, 4) is 11.5 Å². The molecule has 0 radical (unpaired) electrons. The summed E-state index contributed by atoms with van der Waals surface area (Å²) in [4.78, 5) is 28.1. The van der Waals surface area contributed by atoms with Crippen molar-refractivity contribution in [2.75, 3.05) is 50.6 Å². The van der Waals surface area contributed by atoms with Crippen LogP contribution in [0.1, 0.15) is 17.3 Å². The molecule has 0 aromatic heterocycles. The van der Waals surface area contributed by atoms with Crippen molar-refractivity contribution in [3.05, 3.63) is 42.0 Å². The van der Waals surface area contributed by atoms with E-state index in [0.717, 1.165) is 0 Å². The summed E-state index contributed by atoms with van der Waals surface area (Å²) in [5, 5.41) is 7.98. The van der Waals surface area contributed by atoms with E-state index in [1.807, 2.05) is 4.90 Å². The lowest BCUT2D eigenvalue weighted by Crippen LogP contribution is -2.49. The number of hydrogen-bond acceptors (Lipinski definition) is 7. The van der Waals surface area contributed by atoms with Gasteiger partial charge in [-0.2, -0.15) is 0 Å². The zero-order valence-electron chi connectivity index (χ0n) is 18.5. The van der Waals surface area contributed by atoms with E-state index in [-0.39, 0.29) is 29.1 Å². The molecule has 1 aliphatic rings. The number of anilines is 2. The molecule has 0 aliphatic carbocycles. The van der Waals surface area contributed by atoms with Gasteiger partial charge in [-0.3, -0.25) is 9.59 Å². The first-order valence-corrected chi connectivity index (χ1v) is 11.4. The monoisotopic (exact) mass is 498 g/mol. The number of halogens is 1. The third kappa shape index (κ3) is 6.06. The fraction of sp³-hybridized carbons (Fsp3) is 0.333. The summed E-state index contributed by atoms with van der Waals surface area (Å²) in [5.74, 6) is 0.577. The zero-order valence-corrected chi connectivity index (χ0v) is 20.2. The molecule has 2 aromatic carbocycles. The van der Waals surface area contributed by atoms with Crippen LogP contribution >= 0.6 is 12.4 Å². The minimum absolute atomic E-state index is 0. The van der Waals surface area contributed by atoms with Crippen LogP contribution in [0.25, 0.3) is 0 Å². The van der Waals surface area contributed by atoms with E-state index in [9.17, 15) is 18.0 Å². The molecular weight excluding hydrogens is 472 g/mol. The van der Waals surface area contributed by atoms with Gasteiger partial charge in [0.1, 0.15) is 0 Å². The van der Waals surface area contributed by atoms with Crippen LogP contribution in [0.2, 0.25) is 0 Å². The predicted octanol–water partition coefficient (Wildman–Crippen LogP) is 1.69. The quantitative estimate of drug-likeness (QED) is 0.619.